The Morgan fingerprint density at radius 1 is 1.10 bits per heavy atom. The fourth-order valence-electron chi connectivity index (χ4n) is 3.75. The van der Waals surface area contributed by atoms with E-state index < -0.39 is 16.1 Å². The summed E-state index contributed by atoms with van der Waals surface area (Å²) >= 11 is 12.3. The first-order valence-electron chi connectivity index (χ1n) is 9.74. The first-order valence-corrected chi connectivity index (χ1v) is 12.3. The molecule has 0 N–H and O–H groups in total. The third-order valence-corrected chi connectivity index (χ3v) is 7.01. The van der Waals surface area contributed by atoms with Gasteiger partial charge in [0.25, 0.3) is 0 Å². The predicted molar refractivity (Wildman–Crippen MR) is 125 cm³/mol. The van der Waals surface area contributed by atoms with E-state index in [2.05, 4.69) is 4.90 Å². The van der Waals surface area contributed by atoms with Crippen LogP contribution in [0.5, 0.6) is 5.75 Å². The Kier molecular flexibility index (Phi) is 7.24. The van der Waals surface area contributed by atoms with Crippen molar-refractivity contribution in [2.75, 3.05) is 48.7 Å². The third kappa shape index (κ3) is 5.19. The van der Waals surface area contributed by atoms with Crippen molar-refractivity contribution < 1.29 is 17.9 Å². The smallest absolute Gasteiger partial charge is 0.246 e. The second-order valence-corrected chi connectivity index (χ2v) is 10.0. The van der Waals surface area contributed by atoms with Crippen LogP contribution in [0.3, 0.4) is 0 Å². The third-order valence-electron chi connectivity index (χ3n) is 5.23. The van der Waals surface area contributed by atoms with Crippen LogP contribution in [0.15, 0.2) is 42.5 Å². The monoisotopic (exact) mass is 485 g/mol. The van der Waals surface area contributed by atoms with Crippen molar-refractivity contribution in [2.45, 2.75) is 13.0 Å². The van der Waals surface area contributed by atoms with E-state index in [9.17, 15) is 13.2 Å². The Labute approximate surface area is 193 Å². The molecule has 10 heteroatoms. The van der Waals surface area contributed by atoms with Crippen LogP contribution < -0.4 is 13.9 Å². The number of methoxy groups -OCH3 is 1. The van der Waals surface area contributed by atoms with Crippen LogP contribution in [-0.4, -0.2) is 64.8 Å². The number of anilines is 2. The molecule has 0 radical (unpaired) electrons. The van der Waals surface area contributed by atoms with Crippen molar-refractivity contribution in [3.05, 3.63) is 52.5 Å². The highest BCUT2D eigenvalue weighted by atomic mass is 35.5. The van der Waals surface area contributed by atoms with Crippen LogP contribution in [0, 0.1) is 0 Å². The number of benzene rings is 2. The zero-order valence-electron chi connectivity index (χ0n) is 17.6. The number of halogens is 2. The molecule has 7 nitrogen and oxygen atoms in total. The zero-order chi connectivity index (χ0) is 22.8. The molecule has 1 fully saturated rings. The number of rotatable bonds is 6. The second kappa shape index (κ2) is 9.54. The molecule has 1 atom stereocenters. The van der Waals surface area contributed by atoms with Gasteiger partial charge in [0.1, 0.15) is 11.8 Å². The number of amides is 1. The lowest BCUT2D eigenvalue weighted by Gasteiger charge is -2.39. The quantitative estimate of drug-likeness (QED) is 0.625. The molecule has 0 bridgehead atoms. The van der Waals surface area contributed by atoms with Crippen LogP contribution in [-0.2, 0) is 14.8 Å². The number of hydrogen-bond donors (Lipinski definition) is 0. The van der Waals surface area contributed by atoms with Gasteiger partial charge in [0, 0.05) is 31.2 Å². The van der Waals surface area contributed by atoms with E-state index in [0.29, 0.717) is 31.2 Å². The Balaban J connectivity index is 1.78. The highest BCUT2D eigenvalue weighted by Crippen LogP contribution is 2.33. The highest BCUT2D eigenvalue weighted by Gasteiger charge is 2.34. The molecule has 2 aromatic carbocycles. The highest BCUT2D eigenvalue weighted by molar-refractivity contribution is 7.92. The molecule has 168 valence electrons. The van der Waals surface area contributed by atoms with E-state index in [-0.39, 0.29) is 16.6 Å². The number of hydrogen-bond acceptors (Lipinski definition) is 5. The molecule has 2 aromatic rings. The molecule has 0 spiro atoms. The maximum atomic E-state index is 13.2. The van der Waals surface area contributed by atoms with Gasteiger partial charge in [-0.3, -0.25) is 9.10 Å². The van der Waals surface area contributed by atoms with E-state index in [1.165, 1.54) is 12.1 Å². The molecular formula is C21H25Cl2N3O4S. The molecule has 1 heterocycles. The molecule has 1 amide bonds. The Bertz CT molecular complexity index is 1060. The second-order valence-electron chi connectivity index (χ2n) is 7.31. The van der Waals surface area contributed by atoms with Crippen molar-refractivity contribution in [1.82, 2.24) is 4.90 Å². The van der Waals surface area contributed by atoms with E-state index in [0.717, 1.165) is 22.0 Å². The number of piperazine rings is 1. The van der Waals surface area contributed by atoms with Crippen LogP contribution in [0.2, 0.25) is 10.0 Å². The first kappa shape index (κ1) is 23.5. The topological polar surface area (TPSA) is 70.2 Å². The van der Waals surface area contributed by atoms with Crippen molar-refractivity contribution in [1.29, 1.82) is 0 Å². The van der Waals surface area contributed by atoms with Gasteiger partial charge < -0.3 is 14.5 Å². The Morgan fingerprint density at radius 3 is 2.35 bits per heavy atom. The number of ether oxygens (including phenoxy) is 1. The van der Waals surface area contributed by atoms with Gasteiger partial charge >= 0.3 is 0 Å². The van der Waals surface area contributed by atoms with Crippen LogP contribution in [0.1, 0.15) is 6.92 Å². The van der Waals surface area contributed by atoms with Gasteiger partial charge in [-0.05, 0) is 37.3 Å². The lowest BCUT2D eigenvalue weighted by atomic mass is 10.2. The standard InChI is InChI=1S/C21H25Cl2N3O4S/c1-15(26(31(3,28)29)19-14-16(22)8-9-17(19)23)21(27)25-12-10-24(11-13-25)18-6-4-5-7-20(18)30-2/h4-9,14-15H,10-13H2,1-3H3. The summed E-state index contributed by atoms with van der Waals surface area (Å²) in [6.45, 7) is 3.70. The minimum atomic E-state index is -3.79. The first-order chi connectivity index (χ1) is 14.6. The Morgan fingerprint density at radius 2 is 1.74 bits per heavy atom. The lowest BCUT2D eigenvalue weighted by Crippen LogP contribution is -2.55. The van der Waals surface area contributed by atoms with Crippen LogP contribution >= 0.6 is 23.2 Å². The number of carbonyl (C=O) groups excluding carboxylic acids is 1. The molecule has 1 aliphatic rings. The average molecular weight is 486 g/mol. The number of sulfonamides is 1. The van der Waals surface area contributed by atoms with E-state index in [1.807, 2.05) is 24.3 Å². The van der Waals surface area contributed by atoms with Crippen LogP contribution in [0.25, 0.3) is 0 Å². The summed E-state index contributed by atoms with van der Waals surface area (Å²) in [7, 11) is -2.16. The minimum absolute atomic E-state index is 0.185. The maximum Gasteiger partial charge on any atom is 0.246 e. The van der Waals surface area contributed by atoms with Gasteiger partial charge in [0.05, 0.1) is 29.8 Å². The summed E-state index contributed by atoms with van der Waals surface area (Å²) < 4.78 is 31.6. The van der Waals surface area contributed by atoms with Gasteiger partial charge in [-0.15, -0.1) is 0 Å². The zero-order valence-corrected chi connectivity index (χ0v) is 19.9. The molecule has 1 saturated heterocycles. The van der Waals surface area contributed by atoms with Gasteiger partial charge in [-0.25, -0.2) is 8.42 Å². The summed E-state index contributed by atoms with van der Waals surface area (Å²) in [5.74, 6) is 0.482. The molecule has 0 saturated carbocycles. The molecule has 3 rings (SSSR count). The molecule has 1 unspecified atom stereocenters. The predicted octanol–water partition coefficient (Wildman–Crippen LogP) is 3.51. The molecule has 1 aliphatic heterocycles. The number of nitrogens with zero attached hydrogens (tertiary/aromatic N) is 3. The van der Waals surface area contributed by atoms with Crippen molar-refractivity contribution in [3.63, 3.8) is 0 Å². The molecule has 31 heavy (non-hydrogen) atoms. The largest absolute Gasteiger partial charge is 0.495 e. The average Bonchev–Trinajstić information content (AvgIpc) is 2.75. The van der Waals surface area contributed by atoms with Crippen LogP contribution in [0.4, 0.5) is 11.4 Å². The van der Waals surface area contributed by atoms with Crippen molar-refractivity contribution >= 4 is 50.5 Å². The lowest BCUT2D eigenvalue weighted by molar-refractivity contribution is -0.132. The van der Waals surface area contributed by atoms with Gasteiger partial charge in [-0.2, -0.15) is 0 Å². The van der Waals surface area contributed by atoms with E-state index >= 15 is 0 Å². The molecular weight excluding hydrogens is 461 g/mol. The summed E-state index contributed by atoms with van der Waals surface area (Å²) in [6.07, 6.45) is 1.05. The number of carbonyl (C=O) groups is 1. The summed E-state index contributed by atoms with van der Waals surface area (Å²) in [5, 5.41) is 0.536. The Hall–Kier alpha value is -2.16. The summed E-state index contributed by atoms with van der Waals surface area (Å²) in [5.41, 5.74) is 1.15. The fourth-order valence-corrected chi connectivity index (χ4v) is 5.35. The van der Waals surface area contributed by atoms with Gasteiger partial charge in [0.15, 0.2) is 0 Å². The van der Waals surface area contributed by atoms with Gasteiger partial charge in [-0.1, -0.05) is 35.3 Å². The summed E-state index contributed by atoms with van der Waals surface area (Å²) in [6, 6.07) is 11.3. The fraction of sp³-hybridized carbons (Fsp3) is 0.381. The van der Waals surface area contributed by atoms with Crippen molar-refractivity contribution in [2.24, 2.45) is 0 Å². The summed E-state index contributed by atoms with van der Waals surface area (Å²) in [4.78, 5) is 17.0. The van der Waals surface area contributed by atoms with E-state index in [4.69, 9.17) is 27.9 Å². The molecule has 0 aliphatic carbocycles. The maximum absolute atomic E-state index is 13.2. The minimum Gasteiger partial charge on any atom is -0.495 e. The number of para-hydroxylation sites is 2. The van der Waals surface area contributed by atoms with E-state index in [1.54, 1.807) is 25.0 Å². The van der Waals surface area contributed by atoms with Crippen molar-refractivity contribution in [3.8, 4) is 5.75 Å². The SMILES string of the molecule is COc1ccccc1N1CCN(C(=O)C(C)N(c2cc(Cl)ccc2Cl)S(C)(=O)=O)CC1. The van der Waals surface area contributed by atoms with Gasteiger partial charge in [0.2, 0.25) is 15.9 Å². The normalized spacial score (nSPS) is 15.5. The molecule has 0 aromatic heterocycles.